The molecule has 14 heavy (non-hydrogen) atoms. The summed E-state index contributed by atoms with van der Waals surface area (Å²) in [6.07, 6.45) is 1.07. The molecule has 0 radical (unpaired) electrons. The van der Waals surface area contributed by atoms with E-state index in [9.17, 15) is 0 Å². The van der Waals surface area contributed by atoms with E-state index in [1.54, 1.807) is 0 Å². The number of benzene rings is 1. The standard InChI is InChI=1S/C11H15N3/c1-2-14-6-5-8-7-9(11(12)13)3-4-10(8)14/h3-4,7H,2,5-6H2,1H3,(H3,12,13). The summed E-state index contributed by atoms with van der Waals surface area (Å²) in [4.78, 5) is 2.35. The van der Waals surface area contributed by atoms with E-state index in [4.69, 9.17) is 11.1 Å². The molecule has 1 aromatic carbocycles. The maximum absolute atomic E-state index is 7.36. The summed E-state index contributed by atoms with van der Waals surface area (Å²) < 4.78 is 0. The van der Waals surface area contributed by atoms with E-state index < -0.39 is 0 Å². The number of hydrogen-bond donors (Lipinski definition) is 2. The van der Waals surface area contributed by atoms with Crippen LogP contribution >= 0.6 is 0 Å². The molecule has 0 spiro atoms. The molecule has 1 aliphatic heterocycles. The zero-order valence-corrected chi connectivity index (χ0v) is 8.38. The topological polar surface area (TPSA) is 53.1 Å². The first-order chi connectivity index (χ1) is 6.72. The highest BCUT2D eigenvalue weighted by molar-refractivity contribution is 5.95. The van der Waals surface area contributed by atoms with Gasteiger partial charge in [-0.3, -0.25) is 5.41 Å². The van der Waals surface area contributed by atoms with E-state index in [-0.39, 0.29) is 5.84 Å². The molecular weight excluding hydrogens is 174 g/mol. The number of nitrogens with zero attached hydrogens (tertiary/aromatic N) is 1. The number of nitrogen functional groups attached to an aromatic ring is 1. The number of hydrogen-bond acceptors (Lipinski definition) is 2. The maximum Gasteiger partial charge on any atom is 0.122 e. The summed E-state index contributed by atoms with van der Waals surface area (Å²) in [6, 6.07) is 6.03. The molecule has 74 valence electrons. The highest BCUT2D eigenvalue weighted by Crippen LogP contribution is 2.28. The van der Waals surface area contributed by atoms with Gasteiger partial charge in [0.2, 0.25) is 0 Å². The van der Waals surface area contributed by atoms with Crippen molar-refractivity contribution in [3.8, 4) is 0 Å². The monoisotopic (exact) mass is 189 g/mol. The van der Waals surface area contributed by atoms with E-state index >= 15 is 0 Å². The summed E-state index contributed by atoms with van der Waals surface area (Å²) in [5.41, 5.74) is 8.90. The largest absolute Gasteiger partial charge is 0.384 e. The molecule has 0 bridgehead atoms. The highest BCUT2D eigenvalue weighted by Gasteiger charge is 2.17. The van der Waals surface area contributed by atoms with Gasteiger partial charge in [0.25, 0.3) is 0 Å². The second-order valence-corrected chi connectivity index (χ2v) is 3.59. The Hall–Kier alpha value is -1.51. The average Bonchev–Trinajstić information content (AvgIpc) is 2.59. The molecule has 0 saturated carbocycles. The van der Waals surface area contributed by atoms with Crippen molar-refractivity contribution in [2.75, 3.05) is 18.0 Å². The first-order valence-electron chi connectivity index (χ1n) is 4.94. The zero-order chi connectivity index (χ0) is 10.1. The van der Waals surface area contributed by atoms with Gasteiger partial charge in [0.1, 0.15) is 5.84 Å². The van der Waals surface area contributed by atoms with Crippen LogP contribution in [0.1, 0.15) is 18.1 Å². The Kier molecular flexibility index (Phi) is 2.15. The summed E-state index contributed by atoms with van der Waals surface area (Å²) in [5, 5.41) is 7.36. The molecule has 1 heterocycles. The fourth-order valence-corrected chi connectivity index (χ4v) is 1.97. The fraction of sp³-hybridized carbons (Fsp3) is 0.364. The summed E-state index contributed by atoms with van der Waals surface area (Å²) >= 11 is 0. The first kappa shape index (κ1) is 9.06. The number of nitrogens with two attached hydrogens (primary N) is 1. The minimum absolute atomic E-state index is 0.155. The molecule has 0 unspecified atom stereocenters. The molecule has 2 rings (SSSR count). The third kappa shape index (κ3) is 1.35. The van der Waals surface area contributed by atoms with E-state index in [0.29, 0.717) is 0 Å². The number of rotatable bonds is 2. The highest BCUT2D eigenvalue weighted by atomic mass is 15.1. The molecule has 0 saturated heterocycles. The van der Waals surface area contributed by atoms with Gasteiger partial charge in [0.15, 0.2) is 0 Å². The lowest BCUT2D eigenvalue weighted by atomic mass is 10.1. The molecule has 0 aliphatic carbocycles. The maximum atomic E-state index is 7.36. The van der Waals surface area contributed by atoms with Crippen LogP contribution < -0.4 is 10.6 Å². The Morgan fingerprint density at radius 1 is 1.57 bits per heavy atom. The number of likely N-dealkylation sites (N-methyl/N-ethyl adjacent to an activating group) is 1. The molecule has 0 atom stereocenters. The molecular formula is C11H15N3. The van der Waals surface area contributed by atoms with Crippen LogP contribution in [-0.4, -0.2) is 18.9 Å². The van der Waals surface area contributed by atoms with Gasteiger partial charge in [-0.05, 0) is 37.1 Å². The molecule has 3 heteroatoms. The molecule has 3 nitrogen and oxygen atoms in total. The van der Waals surface area contributed by atoms with Gasteiger partial charge in [-0.1, -0.05) is 0 Å². The van der Waals surface area contributed by atoms with E-state index in [0.717, 1.165) is 25.1 Å². The van der Waals surface area contributed by atoms with Crippen LogP contribution in [0, 0.1) is 5.41 Å². The van der Waals surface area contributed by atoms with Crippen molar-refractivity contribution >= 4 is 11.5 Å². The Morgan fingerprint density at radius 3 is 3.00 bits per heavy atom. The average molecular weight is 189 g/mol. The molecule has 0 fully saturated rings. The van der Waals surface area contributed by atoms with Crippen LogP contribution in [0.5, 0.6) is 0 Å². The quantitative estimate of drug-likeness (QED) is 0.545. The van der Waals surface area contributed by atoms with Gasteiger partial charge < -0.3 is 10.6 Å². The van der Waals surface area contributed by atoms with Gasteiger partial charge in [0.05, 0.1) is 0 Å². The normalized spacial score (nSPS) is 14.2. The Labute approximate surface area is 84.0 Å². The lowest BCUT2D eigenvalue weighted by Gasteiger charge is -2.16. The van der Waals surface area contributed by atoms with Crippen molar-refractivity contribution in [3.63, 3.8) is 0 Å². The molecule has 0 aromatic heterocycles. The van der Waals surface area contributed by atoms with E-state index in [1.807, 2.05) is 12.1 Å². The van der Waals surface area contributed by atoms with Crippen LogP contribution in [0.4, 0.5) is 5.69 Å². The summed E-state index contributed by atoms with van der Waals surface area (Å²) in [5.74, 6) is 0.155. The zero-order valence-electron chi connectivity index (χ0n) is 8.38. The van der Waals surface area contributed by atoms with Crippen LogP contribution in [0.25, 0.3) is 0 Å². The van der Waals surface area contributed by atoms with E-state index in [1.165, 1.54) is 11.3 Å². The number of anilines is 1. The van der Waals surface area contributed by atoms with Crippen molar-refractivity contribution in [2.24, 2.45) is 5.73 Å². The van der Waals surface area contributed by atoms with Crippen molar-refractivity contribution in [2.45, 2.75) is 13.3 Å². The smallest absolute Gasteiger partial charge is 0.122 e. The number of nitrogens with one attached hydrogen (secondary N) is 1. The van der Waals surface area contributed by atoms with Crippen molar-refractivity contribution < 1.29 is 0 Å². The first-order valence-corrected chi connectivity index (χ1v) is 4.94. The van der Waals surface area contributed by atoms with Gasteiger partial charge in [-0.25, -0.2) is 0 Å². The second-order valence-electron chi connectivity index (χ2n) is 3.59. The number of amidine groups is 1. The van der Waals surface area contributed by atoms with Crippen molar-refractivity contribution in [1.82, 2.24) is 0 Å². The lowest BCUT2D eigenvalue weighted by Crippen LogP contribution is -2.19. The fourth-order valence-electron chi connectivity index (χ4n) is 1.97. The molecule has 0 amide bonds. The van der Waals surface area contributed by atoms with Crippen molar-refractivity contribution in [3.05, 3.63) is 29.3 Å². The molecule has 1 aliphatic rings. The minimum atomic E-state index is 0.155. The Morgan fingerprint density at radius 2 is 2.36 bits per heavy atom. The van der Waals surface area contributed by atoms with Gasteiger partial charge in [-0.2, -0.15) is 0 Å². The SMILES string of the molecule is CCN1CCc2cc(C(=N)N)ccc21. The third-order valence-corrected chi connectivity index (χ3v) is 2.76. The van der Waals surface area contributed by atoms with Crippen molar-refractivity contribution in [1.29, 1.82) is 5.41 Å². The summed E-state index contributed by atoms with van der Waals surface area (Å²) in [6.45, 7) is 4.30. The Bertz CT molecular complexity index is 371. The van der Waals surface area contributed by atoms with E-state index in [2.05, 4.69) is 17.9 Å². The Balaban J connectivity index is 2.39. The van der Waals surface area contributed by atoms with Crippen LogP contribution in [0.3, 0.4) is 0 Å². The van der Waals surface area contributed by atoms with Gasteiger partial charge in [0, 0.05) is 24.3 Å². The lowest BCUT2D eigenvalue weighted by molar-refractivity contribution is 0.868. The van der Waals surface area contributed by atoms with Gasteiger partial charge >= 0.3 is 0 Å². The predicted octanol–water partition coefficient (Wildman–Crippen LogP) is 1.35. The van der Waals surface area contributed by atoms with Crippen LogP contribution in [-0.2, 0) is 6.42 Å². The summed E-state index contributed by atoms with van der Waals surface area (Å²) in [7, 11) is 0. The third-order valence-electron chi connectivity index (χ3n) is 2.76. The number of fused-ring (bicyclic) bond motifs is 1. The predicted molar refractivity (Wildman–Crippen MR) is 59.0 cm³/mol. The van der Waals surface area contributed by atoms with Gasteiger partial charge in [-0.15, -0.1) is 0 Å². The minimum Gasteiger partial charge on any atom is -0.384 e. The second kappa shape index (κ2) is 3.33. The van der Waals surface area contributed by atoms with Crippen LogP contribution in [0.2, 0.25) is 0 Å². The molecule has 3 N–H and O–H groups in total. The van der Waals surface area contributed by atoms with Crippen LogP contribution in [0.15, 0.2) is 18.2 Å². The molecule has 1 aromatic rings.